The second kappa shape index (κ2) is 5.10. The van der Waals surface area contributed by atoms with Crippen LogP contribution in [0.25, 0.3) is 17.0 Å². The molecule has 0 aliphatic heterocycles. The Hall–Kier alpha value is -2.40. The van der Waals surface area contributed by atoms with Gasteiger partial charge >= 0.3 is 0 Å². The van der Waals surface area contributed by atoms with Crippen LogP contribution in [-0.4, -0.2) is 26.5 Å². The number of carbonyl (C=O) groups is 1. The van der Waals surface area contributed by atoms with E-state index in [9.17, 15) is 4.79 Å². The van der Waals surface area contributed by atoms with Gasteiger partial charge < -0.3 is 5.32 Å². The third kappa shape index (κ3) is 2.44. The van der Waals surface area contributed by atoms with Gasteiger partial charge in [0.15, 0.2) is 11.5 Å². The van der Waals surface area contributed by atoms with E-state index in [1.54, 1.807) is 18.3 Å². The van der Waals surface area contributed by atoms with Crippen molar-refractivity contribution in [1.82, 2.24) is 19.9 Å². The molecule has 2 heterocycles. The number of nitrogens with zero attached hydrogens (tertiary/aromatic N) is 3. The second-order valence-electron chi connectivity index (χ2n) is 5.42. The number of hydrogen-bond donors (Lipinski definition) is 1. The number of benzene rings is 1. The fourth-order valence-corrected chi connectivity index (χ4v) is 2.44. The summed E-state index contributed by atoms with van der Waals surface area (Å²) in [7, 11) is 0. The van der Waals surface area contributed by atoms with E-state index < -0.39 is 0 Å². The van der Waals surface area contributed by atoms with Gasteiger partial charge in [0.2, 0.25) is 0 Å². The minimum absolute atomic E-state index is 0.0554. The van der Waals surface area contributed by atoms with Crippen molar-refractivity contribution in [3.8, 4) is 11.4 Å². The summed E-state index contributed by atoms with van der Waals surface area (Å²) in [5, 5.41) is 12.0. The molecule has 1 aromatic carbocycles. The topological polar surface area (TPSA) is 59.3 Å². The SMILES string of the molecule is O=C(NC1CC1)c1ccc2nnc(-c3ccc(Cl)cc3)n2c1. The molecule has 3 aromatic rings. The fourth-order valence-electron chi connectivity index (χ4n) is 2.32. The third-order valence-electron chi connectivity index (χ3n) is 3.68. The van der Waals surface area contributed by atoms with Crippen molar-refractivity contribution < 1.29 is 4.79 Å². The normalized spacial score (nSPS) is 14.2. The summed E-state index contributed by atoms with van der Waals surface area (Å²) < 4.78 is 1.82. The van der Waals surface area contributed by atoms with Gasteiger partial charge in [-0.25, -0.2) is 0 Å². The largest absolute Gasteiger partial charge is 0.349 e. The lowest BCUT2D eigenvalue weighted by Crippen LogP contribution is -2.25. The Morgan fingerprint density at radius 1 is 1.14 bits per heavy atom. The molecule has 110 valence electrons. The zero-order chi connectivity index (χ0) is 15.1. The summed E-state index contributed by atoms with van der Waals surface area (Å²) >= 11 is 5.92. The van der Waals surface area contributed by atoms with Crippen molar-refractivity contribution in [1.29, 1.82) is 0 Å². The minimum atomic E-state index is -0.0554. The van der Waals surface area contributed by atoms with E-state index in [4.69, 9.17) is 11.6 Å². The Morgan fingerprint density at radius 2 is 1.91 bits per heavy atom. The summed E-state index contributed by atoms with van der Waals surface area (Å²) in [6, 6.07) is 11.3. The van der Waals surface area contributed by atoms with E-state index in [2.05, 4.69) is 15.5 Å². The Balaban J connectivity index is 1.75. The van der Waals surface area contributed by atoms with Gasteiger partial charge in [-0.1, -0.05) is 11.6 Å². The van der Waals surface area contributed by atoms with Crippen molar-refractivity contribution in [2.75, 3.05) is 0 Å². The van der Waals surface area contributed by atoms with E-state index in [0.717, 1.165) is 18.4 Å². The van der Waals surface area contributed by atoms with Gasteiger partial charge in [0.05, 0.1) is 5.56 Å². The molecule has 22 heavy (non-hydrogen) atoms. The van der Waals surface area contributed by atoms with Gasteiger partial charge in [-0.05, 0) is 49.2 Å². The molecule has 1 fully saturated rings. The summed E-state index contributed by atoms with van der Waals surface area (Å²) in [4.78, 5) is 12.2. The maximum absolute atomic E-state index is 12.2. The van der Waals surface area contributed by atoms with Gasteiger partial charge in [0.25, 0.3) is 5.91 Å². The highest BCUT2D eigenvalue weighted by Crippen LogP contribution is 2.22. The molecule has 0 unspecified atom stereocenters. The van der Waals surface area contributed by atoms with Crippen LogP contribution < -0.4 is 5.32 Å². The summed E-state index contributed by atoms with van der Waals surface area (Å²) in [6.45, 7) is 0. The Bertz CT molecular complexity index is 852. The van der Waals surface area contributed by atoms with Crippen LogP contribution in [0.2, 0.25) is 5.02 Å². The fraction of sp³-hybridized carbons (Fsp3) is 0.188. The molecule has 0 spiro atoms. The van der Waals surface area contributed by atoms with Gasteiger partial charge in [0, 0.05) is 22.8 Å². The molecule has 1 amide bonds. The molecular formula is C16H13ClN4O. The molecule has 1 N–H and O–H groups in total. The summed E-state index contributed by atoms with van der Waals surface area (Å²) in [5.41, 5.74) is 2.21. The Labute approximate surface area is 131 Å². The quantitative estimate of drug-likeness (QED) is 0.809. The van der Waals surface area contributed by atoms with Crippen LogP contribution in [0.15, 0.2) is 42.6 Å². The molecule has 5 nitrogen and oxygen atoms in total. The van der Waals surface area contributed by atoms with Crippen molar-refractivity contribution >= 4 is 23.2 Å². The van der Waals surface area contributed by atoms with Crippen molar-refractivity contribution in [2.45, 2.75) is 18.9 Å². The number of halogens is 1. The number of aromatic nitrogens is 3. The summed E-state index contributed by atoms with van der Waals surface area (Å²) in [6.07, 6.45) is 3.91. The van der Waals surface area contributed by atoms with E-state index >= 15 is 0 Å². The van der Waals surface area contributed by atoms with Crippen molar-refractivity contribution in [3.05, 3.63) is 53.2 Å². The van der Waals surface area contributed by atoms with Crippen LogP contribution in [-0.2, 0) is 0 Å². The Kier molecular flexibility index (Phi) is 3.08. The van der Waals surface area contributed by atoms with Gasteiger partial charge in [-0.15, -0.1) is 10.2 Å². The minimum Gasteiger partial charge on any atom is -0.349 e. The molecule has 2 aromatic heterocycles. The standard InChI is InChI=1S/C16H13ClN4O/c17-12-4-1-10(2-5-12)15-20-19-14-8-3-11(9-21(14)15)16(22)18-13-6-7-13/h1-5,8-9,13H,6-7H2,(H,18,22). The number of hydrogen-bond acceptors (Lipinski definition) is 3. The number of carbonyl (C=O) groups excluding carboxylic acids is 1. The highest BCUT2D eigenvalue weighted by Gasteiger charge is 2.24. The molecule has 1 saturated carbocycles. The molecule has 1 aliphatic carbocycles. The van der Waals surface area contributed by atoms with Gasteiger partial charge in [-0.2, -0.15) is 0 Å². The van der Waals surface area contributed by atoms with Gasteiger partial charge in [-0.3, -0.25) is 9.20 Å². The molecule has 6 heteroatoms. The maximum Gasteiger partial charge on any atom is 0.252 e. The average molecular weight is 313 g/mol. The van der Waals surface area contributed by atoms with Crippen LogP contribution >= 0.6 is 11.6 Å². The molecule has 0 atom stereocenters. The number of amides is 1. The summed E-state index contributed by atoms with van der Waals surface area (Å²) in [5.74, 6) is 0.632. The molecule has 0 bridgehead atoms. The van der Waals surface area contributed by atoms with Crippen LogP contribution in [0.3, 0.4) is 0 Å². The first-order valence-electron chi connectivity index (χ1n) is 7.12. The van der Waals surface area contributed by atoms with Crippen LogP contribution in [0, 0.1) is 0 Å². The highest BCUT2D eigenvalue weighted by atomic mass is 35.5. The van der Waals surface area contributed by atoms with E-state index in [0.29, 0.717) is 28.1 Å². The first-order chi connectivity index (χ1) is 10.7. The predicted molar refractivity (Wildman–Crippen MR) is 83.9 cm³/mol. The third-order valence-corrected chi connectivity index (χ3v) is 3.93. The van der Waals surface area contributed by atoms with Gasteiger partial charge in [0.1, 0.15) is 0 Å². The van der Waals surface area contributed by atoms with Crippen molar-refractivity contribution in [3.63, 3.8) is 0 Å². The van der Waals surface area contributed by atoms with Crippen LogP contribution in [0.5, 0.6) is 0 Å². The van der Waals surface area contributed by atoms with Crippen LogP contribution in [0.1, 0.15) is 23.2 Å². The smallest absolute Gasteiger partial charge is 0.252 e. The molecule has 4 rings (SSSR count). The lowest BCUT2D eigenvalue weighted by Gasteiger charge is -2.05. The van der Waals surface area contributed by atoms with E-state index in [-0.39, 0.29) is 5.91 Å². The first kappa shape index (κ1) is 13.3. The zero-order valence-electron chi connectivity index (χ0n) is 11.7. The number of rotatable bonds is 3. The number of fused-ring (bicyclic) bond motifs is 1. The lowest BCUT2D eigenvalue weighted by atomic mass is 10.2. The molecule has 1 aliphatic rings. The second-order valence-corrected chi connectivity index (χ2v) is 5.86. The maximum atomic E-state index is 12.2. The molecule has 0 saturated heterocycles. The van der Waals surface area contributed by atoms with E-state index in [1.165, 1.54) is 0 Å². The average Bonchev–Trinajstić information content (AvgIpc) is 3.24. The zero-order valence-corrected chi connectivity index (χ0v) is 12.4. The predicted octanol–water partition coefficient (Wildman–Crippen LogP) is 2.94. The Morgan fingerprint density at radius 3 is 2.64 bits per heavy atom. The molecule has 0 radical (unpaired) electrons. The van der Waals surface area contributed by atoms with Crippen molar-refractivity contribution in [2.24, 2.45) is 0 Å². The number of nitrogens with one attached hydrogen (secondary N) is 1. The van der Waals surface area contributed by atoms with E-state index in [1.807, 2.05) is 28.7 Å². The lowest BCUT2D eigenvalue weighted by molar-refractivity contribution is 0.0950. The monoisotopic (exact) mass is 312 g/mol. The number of pyridine rings is 1. The highest BCUT2D eigenvalue weighted by molar-refractivity contribution is 6.30. The van der Waals surface area contributed by atoms with Crippen LogP contribution in [0.4, 0.5) is 0 Å². The first-order valence-corrected chi connectivity index (χ1v) is 7.50. The molecular weight excluding hydrogens is 300 g/mol.